The Morgan fingerprint density at radius 2 is 2.16 bits per heavy atom. The van der Waals surface area contributed by atoms with Crippen molar-refractivity contribution < 1.29 is 19.7 Å². The van der Waals surface area contributed by atoms with E-state index in [9.17, 15) is 15.0 Å². The number of hydrogen-bond donors (Lipinski definition) is 2. The van der Waals surface area contributed by atoms with E-state index >= 15 is 0 Å². The van der Waals surface area contributed by atoms with Crippen LogP contribution in [-0.4, -0.2) is 28.6 Å². The van der Waals surface area contributed by atoms with E-state index in [1.807, 2.05) is 26.0 Å². The Morgan fingerprint density at radius 3 is 2.68 bits per heavy atom. The molecule has 0 aliphatic carbocycles. The lowest BCUT2D eigenvalue weighted by molar-refractivity contribution is -0.111. The highest BCUT2D eigenvalue weighted by atomic mass is 16.6. The Balaban J connectivity index is 2.30. The Hall–Kier alpha value is -1.39. The van der Waals surface area contributed by atoms with Crippen LogP contribution in [-0.2, 0) is 4.74 Å². The maximum atomic E-state index is 11.3. The minimum atomic E-state index is -0.916. The van der Waals surface area contributed by atoms with Gasteiger partial charge in [0.05, 0.1) is 11.7 Å². The monoisotopic (exact) mass is 264 g/mol. The van der Waals surface area contributed by atoms with E-state index < -0.39 is 12.3 Å². The quantitative estimate of drug-likeness (QED) is 0.877. The van der Waals surface area contributed by atoms with E-state index in [1.54, 1.807) is 12.1 Å². The van der Waals surface area contributed by atoms with Crippen molar-refractivity contribution in [2.45, 2.75) is 45.0 Å². The Kier molecular flexibility index (Phi) is 4.22. The van der Waals surface area contributed by atoms with Gasteiger partial charge in [0.15, 0.2) is 6.29 Å². The number of hydrogen-bond acceptors (Lipinski definition) is 3. The molecule has 1 aromatic carbocycles. The number of ether oxygens (including phenoxy) is 1. The number of rotatable bonds is 4. The Bertz CT molecular complexity index is 447. The van der Waals surface area contributed by atoms with E-state index in [0.717, 1.165) is 18.4 Å². The average molecular weight is 264 g/mol. The van der Waals surface area contributed by atoms with Crippen LogP contribution < -0.4 is 0 Å². The number of benzene rings is 1. The van der Waals surface area contributed by atoms with Crippen LogP contribution in [0.3, 0.4) is 0 Å². The minimum Gasteiger partial charge on any atom is -0.478 e. The predicted octanol–water partition coefficient (Wildman–Crippen LogP) is 2.62. The third kappa shape index (κ3) is 2.80. The van der Waals surface area contributed by atoms with Crippen LogP contribution in [0.5, 0.6) is 0 Å². The zero-order valence-electron chi connectivity index (χ0n) is 11.2. The normalized spacial score (nSPS) is 28.3. The van der Waals surface area contributed by atoms with Crippen molar-refractivity contribution in [3.63, 3.8) is 0 Å². The predicted molar refractivity (Wildman–Crippen MR) is 71.1 cm³/mol. The summed E-state index contributed by atoms with van der Waals surface area (Å²) in [6, 6.07) is 7.04. The van der Waals surface area contributed by atoms with E-state index in [-0.39, 0.29) is 17.9 Å². The van der Waals surface area contributed by atoms with Crippen molar-refractivity contribution in [3.8, 4) is 0 Å². The molecule has 1 aliphatic heterocycles. The van der Waals surface area contributed by atoms with Crippen molar-refractivity contribution in [2.24, 2.45) is 5.92 Å². The summed E-state index contributed by atoms with van der Waals surface area (Å²) < 4.78 is 5.58. The summed E-state index contributed by atoms with van der Waals surface area (Å²) in [6.45, 7) is 3.96. The smallest absolute Gasteiger partial charge is 0.335 e. The zero-order valence-corrected chi connectivity index (χ0v) is 11.2. The average Bonchev–Trinajstić information content (AvgIpc) is 2.70. The fraction of sp³-hybridized carbons (Fsp3) is 0.533. The first-order valence-corrected chi connectivity index (χ1v) is 6.70. The number of carboxylic acid groups (broad SMARTS) is 1. The molecule has 1 fully saturated rings. The van der Waals surface area contributed by atoms with E-state index in [4.69, 9.17) is 4.74 Å². The second kappa shape index (κ2) is 5.72. The molecule has 19 heavy (non-hydrogen) atoms. The molecule has 104 valence electrons. The van der Waals surface area contributed by atoms with Crippen LogP contribution in [0.25, 0.3) is 0 Å². The van der Waals surface area contributed by atoms with Gasteiger partial charge in [0, 0.05) is 11.8 Å². The first kappa shape index (κ1) is 14.0. The molecule has 1 aromatic rings. The van der Waals surface area contributed by atoms with Crippen LogP contribution in [0.15, 0.2) is 24.3 Å². The Morgan fingerprint density at radius 1 is 1.47 bits per heavy atom. The number of aromatic carboxylic acids is 1. The van der Waals surface area contributed by atoms with Crippen molar-refractivity contribution in [1.82, 2.24) is 0 Å². The van der Waals surface area contributed by atoms with Gasteiger partial charge in [0.2, 0.25) is 0 Å². The summed E-state index contributed by atoms with van der Waals surface area (Å²) >= 11 is 0. The summed E-state index contributed by atoms with van der Waals surface area (Å²) in [4.78, 5) is 11.3. The van der Waals surface area contributed by atoms with Crippen molar-refractivity contribution in [3.05, 3.63) is 35.4 Å². The van der Waals surface area contributed by atoms with Crippen molar-refractivity contribution in [2.75, 3.05) is 0 Å². The molecule has 1 heterocycles. The van der Waals surface area contributed by atoms with Gasteiger partial charge in [0.25, 0.3) is 0 Å². The second-order valence-corrected chi connectivity index (χ2v) is 5.19. The number of aliphatic hydroxyl groups is 1. The molecule has 1 aliphatic rings. The molecule has 1 unspecified atom stereocenters. The molecule has 1 saturated heterocycles. The molecule has 0 aromatic heterocycles. The fourth-order valence-corrected chi connectivity index (χ4v) is 2.81. The molecular formula is C15H20O4. The van der Waals surface area contributed by atoms with Crippen LogP contribution in [0, 0.1) is 5.92 Å². The Labute approximate surface area is 113 Å². The molecule has 2 N–H and O–H groups in total. The summed E-state index contributed by atoms with van der Waals surface area (Å²) in [5.74, 6) is -0.816. The lowest BCUT2D eigenvalue weighted by Crippen LogP contribution is -2.21. The highest BCUT2D eigenvalue weighted by Crippen LogP contribution is 2.37. The maximum absolute atomic E-state index is 11.3. The third-order valence-corrected chi connectivity index (χ3v) is 3.88. The highest BCUT2D eigenvalue weighted by Gasteiger charge is 2.36. The molecule has 0 amide bonds. The van der Waals surface area contributed by atoms with E-state index in [2.05, 4.69) is 0 Å². The number of carboxylic acids is 1. The molecule has 0 bridgehead atoms. The molecule has 4 heteroatoms. The van der Waals surface area contributed by atoms with Gasteiger partial charge in [-0.15, -0.1) is 0 Å². The topological polar surface area (TPSA) is 66.8 Å². The standard InChI is InChI=1S/C15H20O4/c1-3-10(13-8-9(2)15(18)19-13)11-6-4-5-7-12(11)14(16)17/h4-7,9-10,13,15,18H,3,8H2,1-2H3,(H,16,17)/t9-,10+,13+,15?/m1/s1. The first-order valence-electron chi connectivity index (χ1n) is 6.70. The van der Waals surface area contributed by atoms with E-state index in [1.165, 1.54) is 0 Å². The molecule has 0 saturated carbocycles. The summed E-state index contributed by atoms with van der Waals surface area (Å²) in [5.41, 5.74) is 1.12. The van der Waals surface area contributed by atoms with Gasteiger partial charge in [-0.25, -0.2) is 4.79 Å². The van der Waals surface area contributed by atoms with Crippen LogP contribution in [0.1, 0.15) is 48.5 Å². The summed E-state index contributed by atoms with van der Waals surface area (Å²) in [5, 5.41) is 19.0. The lowest BCUT2D eigenvalue weighted by atomic mass is 9.85. The third-order valence-electron chi connectivity index (χ3n) is 3.88. The van der Waals surface area contributed by atoms with Gasteiger partial charge in [-0.1, -0.05) is 32.0 Å². The largest absolute Gasteiger partial charge is 0.478 e. The van der Waals surface area contributed by atoms with Crippen molar-refractivity contribution >= 4 is 5.97 Å². The minimum absolute atomic E-state index is 0.00639. The maximum Gasteiger partial charge on any atom is 0.335 e. The van der Waals surface area contributed by atoms with Gasteiger partial charge >= 0.3 is 5.97 Å². The van der Waals surface area contributed by atoms with E-state index in [0.29, 0.717) is 5.56 Å². The van der Waals surface area contributed by atoms with Gasteiger partial charge < -0.3 is 14.9 Å². The molecule has 0 spiro atoms. The first-order chi connectivity index (χ1) is 9.04. The second-order valence-electron chi connectivity index (χ2n) is 5.19. The number of carbonyl (C=O) groups is 1. The van der Waals surface area contributed by atoms with Crippen LogP contribution in [0.2, 0.25) is 0 Å². The van der Waals surface area contributed by atoms with Gasteiger partial charge in [-0.2, -0.15) is 0 Å². The van der Waals surface area contributed by atoms with Gasteiger partial charge in [-0.05, 0) is 24.5 Å². The number of aliphatic hydroxyl groups excluding tert-OH is 1. The highest BCUT2D eigenvalue weighted by molar-refractivity contribution is 5.89. The fourth-order valence-electron chi connectivity index (χ4n) is 2.81. The molecular weight excluding hydrogens is 244 g/mol. The SMILES string of the molecule is CC[C@@H](c1ccccc1C(=O)O)[C@@H]1C[C@@H](C)C(O)O1. The zero-order chi connectivity index (χ0) is 14.0. The summed E-state index contributed by atoms with van der Waals surface area (Å²) in [6.07, 6.45) is 0.689. The van der Waals surface area contributed by atoms with Gasteiger partial charge in [-0.3, -0.25) is 0 Å². The van der Waals surface area contributed by atoms with Crippen LogP contribution >= 0.6 is 0 Å². The van der Waals surface area contributed by atoms with Gasteiger partial charge in [0.1, 0.15) is 0 Å². The lowest BCUT2D eigenvalue weighted by Gasteiger charge is -2.23. The summed E-state index contributed by atoms with van der Waals surface area (Å²) in [7, 11) is 0. The molecule has 0 radical (unpaired) electrons. The molecule has 2 rings (SSSR count). The molecule has 4 atom stereocenters. The van der Waals surface area contributed by atoms with Crippen LogP contribution in [0.4, 0.5) is 0 Å². The molecule has 4 nitrogen and oxygen atoms in total. The van der Waals surface area contributed by atoms with Crippen molar-refractivity contribution in [1.29, 1.82) is 0 Å².